The smallest absolute Gasteiger partial charge is 0.408 e. The van der Waals surface area contributed by atoms with Crippen molar-refractivity contribution >= 4 is 11.1 Å². The van der Waals surface area contributed by atoms with Gasteiger partial charge in [-0.1, -0.05) is 6.07 Å². The number of nitrogens with two attached hydrogens (primary N) is 1. The van der Waals surface area contributed by atoms with Crippen molar-refractivity contribution < 1.29 is 4.42 Å². The molecule has 0 radical (unpaired) electrons. The Balaban J connectivity index is 2.16. The number of rotatable bonds is 4. The first kappa shape index (κ1) is 11.9. The van der Waals surface area contributed by atoms with Crippen molar-refractivity contribution in [2.45, 2.75) is 19.5 Å². The van der Waals surface area contributed by atoms with Gasteiger partial charge < -0.3 is 15.1 Å². The predicted octanol–water partition coefficient (Wildman–Crippen LogP) is 0.900. The largest absolute Gasteiger partial charge is 0.417 e. The normalized spacial score (nSPS) is 13.4. The van der Waals surface area contributed by atoms with E-state index < -0.39 is 5.76 Å². The minimum Gasteiger partial charge on any atom is -0.408 e. The molecule has 2 rings (SSSR count). The predicted molar refractivity (Wildman–Crippen MR) is 66.8 cm³/mol. The summed E-state index contributed by atoms with van der Waals surface area (Å²) in [6.07, 6.45) is 0. The molecule has 0 saturated carbocycles. The number of benzene rings is 1. The summed E-state index contributed by atoms with van der Waals surface area (Å²) in [7, 11) is 2.01. The Morgan fingerprint density at radius 2 is 2.29 bits per heavy atom. The number of likely N-dealkylation sites (N-methyl/N-ethyl adjacent to an activating group) is 1. The van der Waals surface area contributed by atoms with Gasteiger partial charge in [0.05, 0.1) is 5.52 Å². The van der Waals surface area contributed by atoms with E-state index in [1.807, 2.05) is 32.2 Å². The van der Waals surface area contributed by atoms with Gasteiger partial charge in [-0.05, 0) is 31.7 Å². The van der Waals surface area contributed by atoms with Crippen LogP contribution in [0.1, 0.15) is 12.5 Å². The van der Waals surface area contributed by atoms with Gasteiger partial charge in [-0.2, -0.15) is 0 Å². The average molecular weight is 235 g/mol. The van der Waals surface area contributed by atoms with Crippen LogP contribution in [0.25, 0.3) is 11.1 Å². The van der Waals surface area contributed by atoms with Gasteiger partial charge in [0.15, 0.2) is 5.58 Å². The summed E-state index contributed by atoms with van der Waals surface area (Å²) < 4.78 is 5.02. The molecule has 1 heterocycles. The van der Waals surface area contributed by atoms with Gasteiger partial charge in [-0.25, -0.2) is 4.79 Å². The summed E-state index contributed by atoms with van der Waals surface area (Å²) in [4.78, 5) is 15.8. The highest BCUT2D eigenvalue weighted by Crippen LogP contribution is 2.13. The van der Waals surface area contributed by atoms with E-state index in [2.05, 4.69) is 9.88 Å². The first-order chi connectivity index (χ1) is 8.04. The van der Waals surface area contributed by atoms with Crippen LogP contribution in [0.4, 0.5) is 0 Å². The number of nitrogens with one attached hydrogen (secondary N) is 1. The van der Waals surface area contributed by atoms with Crippen molar-refractivity contribution in [3.05, 3.63) is 34.3 Å². The van der Waals surface area contributed by atoms with Crippen LogP contribution in [0, 0.1) is 0 Å². The Labute approximate surface area is 99.2 Å². The highest BCUT2D eigenvalue weighted by molar-refractivity contribution is 5.72. The van der Waals surface area contributed by atoms with Crippen LogP contribution < -0.4 is 11.5 Å². The van der Waals surface area contributed by atoms with E-state index in [1.165, 1.54) is 0 Å². The first-order valence-corrected chi connectivity index (χ1v) is 5.60. The zero-order valence-corrected chi connectivity index (χ0v) is 10.1. The number of hydrogen-bond acceptors (Lipinski definition) is 4. The Kier molecular flexibility index (Phi) is 3.31. The molecule has 1 aromatic heterocycles. The molecule has 92 valence electrons. The zero-order valence-electron chi connectivity index (χ0n) is 10.1. The SMILES string of the molecule is CC(N)CN(C)Cc1ccc2[nH]c(=O)oc2c1. The van der Waals surface area contributed by atoms with Gasteiger partial charge in [-0.15, -0.1) is 0 Å². The van der Waals surface area contributed by atoms with E-state index in [1.54, 1.807) is 0 Å². The Morgan fingerprint density at radius 1 is 1.53 bits per heavy atom. The third-order valence-corrected chi connectivity index (χ3v) is 2.54. The zero-order chi connectivity index (χ0) is 12.4. The van der Waals surface area contributed by atoms with Crippen molar-refractivity contribution in [3.63, 3.8) is 0 Å². The number of nitrogens with zero attached hydrogens (tertiary/aromatic N) is 1. The standard InChI is InChI=1S/C12H17N3O2/c1-8(13)6-15(2)7-9-3-4-10-11(5-9)17-12(16)14-10/h3-5,8H,6-7,13H2,1-2H3,(H,14,16). The van der Waals surface area contributed by atoms with Crippen molar-refractivity contribution in [2.24, 2.45) is 5.73 Å². The molecular weight excluding hydrogens is 218 g/mol. The highest BCUT2D eigenvalue weighted by Gasteiger charge is 2.06. The first-order valence-electron chi connectivity index (χ1n) is 5.60. The molecule has 1 unspecified atom stereocenters. The summed E-state index contributed by atoms with van der Waals surface area (Å²) in [5.74, 6) is -0.416. The molecule has 0 aliphatic heterocycles. The van der Waals surface area contributed by atoms with Gasteiger partial charge in [-0.3, -0.25) is 4.98 Å². The van der Waals surface area contributed by atoms with Crippen LogP contribution in [-0.4, -0.2) is 29.5 Å². The molecule has 1 atom stereocenters. The number of fused-ring (bicyclic) bond motifs is 1. The Bertz CT molecular complexity index is 556. The van der Waals surface area contributed by atoms with Crippen molar-refractivity contribution in [1.82, 2.24) is 9.88 Å². The second-order valence-corrected chi connectivity index (χ2v) is 4.52. The maximum absolute atomic E-state index is 11.0. The van der Waals surface area contributed by atoms with Crippen molar-refractivity contribution in [2.75, 3.05) is 13.6 Å². The van der Waals surface area contributed by atoms with E-state index in [9.17, 15) is 4.79 Å². The topological polar surface area (TPSA) is 75.3 Å². The summed E-state index contributed by atoms with van der Waals surface area (Å²) >= 11 is 0. The van der Waals surface area contributed by atoms with Gasteiger partial charge >= 0.3 is 5.76 Å². The second kappa shape index (κ2) is 4.73. The molecular formula is C12H17N3O2. The molecule has 0 bridgehead atoms. The molecule has 3 N–H and O–H groups in total. The fraction of sp³-hybridized carbons (Fsp3) is 0.417. The molecule has 0 amide bonds. The molecule has 1 aromatic carbocycles. The lowest BCUT2D eigenvalue weighted by molar-refractivity contribution is 0.310. The average Bonchev–Trinajstić information content (AvgIpc) is 2.55. The lowest BCUT2D eigenvalue weighted by atomic mass is 10.2. The number of aromatic amines is 1. The summed E-state index contributed by atoms with van der Waals surface area (Å²) in [5.41, 5.74) is 8.16. The lowest BCUT2D eigenvalue weighted by Gasteiger charge is -2.18. The van der Waals surface area contributed by atoms with Crippen LogP contribution in [0.2, 0.25) is 0 Å². The molecule has 0 fully saturated rings. The van der Waals surface area contributed by atoms with E-state index in [4.69, 9.17) is 10.2 Å². The third kappa shape index (κ3) is 2.95. The van der Waals surface area contributed by atoms with E-state index in [0.29, 0.717) is 5.58 Å². The van der Waals surface area contributed by atoms with Gasteiger partial charge in [0.2, 0.25) is 0 Å². The Morgan fingerprint density at radius 3 is 3.00 bits per heavy atom. The number of H-pyrrole nitrogens is 1. The highest BCUT2D eigenvalue weighted by atomic mass is 16.4. The van der Waals surface area contributed by atoms with Gasteiger partial charge in [0.25, 0.3) is 0 Å². The molecule has 5 heteroatoms. The molecule has 5 nitrogen and oxygen atoms in total. The van der Waals surface area contributed by atoms with E-state index in [0.717, 1.165) is 24.2 Å². The molecule has 0 spiro atoms. The number of aromatic nitrogens is 1. The maximum atomic E-state index is 11.0. The molecule has 0 aliphatic carbocycles. The lowest BCUT2D eigenvalue weighted by Crippen LogP contribution is -2.32. The van der Waals surface area contributed by atoms with Crippen molar-refractivity contribution in [3.8, 4) is 0 Å². The van der Waals surface area contributed by atoms with E-state index >= 15 is 0 Å². The quantitative estimate of drug-likeness (QED) is 0.825. The van der Waals surface area contributed by atoms with Gasteiger partial charge in [0, 0.05) is 19.1 Å². The Hall–Kier alpha value is -1.59. The van der Waals surface area contributed by atoms with Crippen LogP contribution in [0.3, 0.4) is 0 Å². The fourth-order valence-corrected chi connectivity index (χ4v) is 1.96. The van der Waals surface area contributed by atoms with E-state index in [-0.39, 0.29) is 6.04 Å². The fourth-order valence-electron chi connectivity index (χ4n) is 1.96. The van der Waals surface area contributed by atoms with Crippen molar-refractivity contribution in [1.29, 1.82) is 0 Å². The molecule has 2 aromatic rings. The maximum Gasteiger partial charge on any atom is 0.417 e. The van der Waals surface area contributed by atoms with Crippen LogP contribution >= 0.6 is 0 Å². The second-order valence-electron chi connectivity index (χ2n) is 4.52. The number of hydrogen-bond donors (Lipinski definition) is 2. The van der Waals surface area contributed by atoms with Crippen LogP contribution in [0.15, 0.2) is 27.4 Å². The molecule has 0 aliphatic rings. The third-order valence-electron chi connectivity index (χ3n) is 2.54. The minimum atomic E-state index is -0.416. The monoisotopic (exact) mass is 235 g/mol. The molecule has 0 saturated heterocycles. The van der Waals surface area contributed by atoms with Crippen LogP contribution in [0.5, 0.6) is 0 Å². The van der Waals surface area contributed by atoms with Gasteiger partial charge in [0.1, 0.15) is 0 Å². The minimum absolute atomic E-state index is 0.147. The van der Waals surface area contributed by atoms with Crippen LogP contribution in [-0.2, 0) is 6.54 Å². The molecule has 17 heavy (non-hydrogen) atoms. The summed E-state index contributed by atoms with van der Waals surface area (Å²) in [6.45, 7) is 3.59. The summed E-state index contributed by atoms with van der Waals surface area (Å²) in [5, 5.41) is 0. The summed E-state index contributed by atoms with van der Waals surface area (Å²) in [6, 6.07) is 5.86. The number of oxazole rings is 1.